The summed E-state index contributed by atoms with van der Waals surface area (Å²) in [4.78, 5) is 47.8. The number of nitrogens with zero attached hydrogens (tertiary/aromatic N) is 3. The van der Waals surface area contributed by atoms with Gasteiger partial charge in [0, 0.05) is 29.7 Å². The van der Waals surface area contributed by atoms with Gasteiger partial charge in [-0.3, -0.25) is 18.8 Å². The zero-order chi connectivity index (χ0) is 23.4. The molecule has 4 heterocycles. The van der Waals surface area contributed by atoms with Crippen molar-refractivity contribution >= 4 is 38.9 Å². The minimum atomic E-state index is -0.699. The number of carbonyl (C=O) groups excluding carboxylic acids is 2. The van der Waals surface area contributed by atoms with Crippen molar-refractivity contribution in [2.75, 3.05) is 13.1 Å². The molecule has 0 atom stereocenters. The Bertz CT molecular complexity index is 1530. The maximum atomic E-state index is 13.8. The number of likely N-dealkylation sites (tertiary alicyclic amines) is 1. The number of benzene rings is 1. The first kappa shape index (κ1) is 21.3. The maximum absolute atomic E-state index is 13.8. The number of fused-ring (bicyclic) bond motifs is 2. The van der Waals surface area contributed by atoms with Crippen LogP contribution in [0.3, 0.4) is 0 Å². The van der Waals surface area contributed by atoms with E-state index in [4.69, 9.17) is 0 Å². The Labute approximate surface area is 191 Å². The predicted molar refractivity (Wildman–Crippen MR) is 123 cm³/mol. The average Bonchev–Trinajstić information content (AvgIpc) is 3.43. The highest BCUT2D eigenvalue weighted by atomic mass is 32.1. The number of aryl methyl sites for hydroxylation is 2. The Balaban J connectivity index is 1.81. The lowest BCUT2D eigenvalue weighted by Gasteiger charge is -2.17. The van der Waals surface area contributed by atoms with E-state index in [1.807, 2.05) is 13.8 Å². The average molecular weight is 466 g/mol. The second-order valence-corrected chi connectivity index (χ2v) is 9.41. The van der Waals surface area contributed by atoms with Gasteiger partial charge in [-0.05, 0) is 56.5 Å². The number of phenols is 1. The van der Waals surface area contributed by atoms with E-state index in [0.29, 0.717) is 23.3 Å². The molecule has 33 heavy (non-hydrogen) atoms. The van der Waals surface area contributed by atoms with E-state index in [2.05, 4.69) is 4.98 Å². The summed E-state index contributed by atoms with van der Waals surface area (Å²) < 4.78 is 15.0. The molecule has 0 unspecified atom stereocenters. The van der Waals surface area contributed by atoms with Gasteiger partial charge in [0.1, 0.15) is 16.4 Å². The molecule has 1 aliphatic heterocycles. The molecule has 3 aromatic heterocycles. The third-order valence-electron chi connectivity index (χ3n) is 6.13. The molecular formula is C24H20FN3O4S. The molecule has 0 bridgehead atoms. The van der Waals surface area contributed by atoms with Gasteiger partial charge in [0.05, 0.1) is 16.5 Å². The summed E-state index contributed by atoms with van der Waals surface area (Å²) >= 11 is 1.38. The van der Waals surface area contributed by atoms with E-state index in [9.17, 15) is 23.9 Å². The minimum absolute atomic E-state index is 0.0150. The monoisotopic (exact) mass is 465 g/mol. The van der Waals surface area contributed by atoms with E-state index in [1.165, 1.54) is 28.0 Å². The topological polar surface area (TPSA) is 92.0 Å². The van der Waals surface area contributed by atoms with E-state index >= 15 is 0 Å². The Morgan fingerprint density at radius 2 is 1.85 bits per heavy atom. The first-order valence-corrected chi connectivity index (χ1v) is 11.4. The standard InChI is InChI=1S/C24H20FN3O4S/c1-12-13(2)33-22-19(12)24(32)28-11-14(20(30)16-10-15(25)5-6-18(16)29)9-17(21(28)26-22)23(31)27-7-3-4-8-27/h5-6,9-11,29H,3-4,7-8H2,1-2H3. The van der Waals surface area contributed by atoms with Crippen molar-refractivity contribution in [2.45, 2.75) is 26.7 Å². The smallest absolute Gasteiger partial charge is 0.266 e. The third kappa shape index (κ3) is 3.39. The van der Waals surface area contributed by atoms with Crippen LogP contribution in [0.1, 0.15) is 49.6 Å². The molecule has 0 spiro atoms. The van der Waals surface area contributed by atoms with E-state index in [-0.39, 0.29) is 39.6 Å². The highest BCUT2D eigenvalue weighted by Gasteiger charge is 2.26. The molecule has 1 fully saturated rings. The maximum Gasteiger partial charge on any atom is 0.266 e. The number of aromatic nitrogens is 2. The van der Waals surface area contributed by atoms with Crippen molar-refractivity contribution in [3.05, 3.63) is 73.8 Å². The highest BCUT2D eigenvalue weighted by Crippen LogP contribution is 2.29. The zero-order valence-electron chi connectivity index (χ0n) is 18.0. The molecule has 1 saturated heterocycles. The Morgan fingerprint density at radius 3 is 2.58 bits per heavy atom. The lowest BCUT2D eigenvalue weighted by molar-refractivity contribution is 0.0794. The van der Waals surface area contributed by atoms with Gasteiger partial charge < -0.3 is 10.0 Å². The number of aromatic hydroxyl groups is 1. The molecule has 1 N–H and O–H groups in total. The van der Waals surface area contributed by atoms with Crippen LogP contribution in [0.15, 0.2) is 35.3 Å². The Hall–Kier alpha value is -3.59. The number of phenolic OH excluding ortho intramolecular Hbond substituents is 1. The van der Waals surface area contributed by atoms with Crippen LogP contribution in [0.5, 0.6) is 5.75 Å². The molecule has 0 saturated carbocycles. The minimum Gasteiger partial charge on any atom is -0.507 e. The van der Waals surface area contributed by atoms with Crippen LogP contribution < -0.4 is 5.56 Å². The number of pyridine rings is 1. The number of ketones is 1. The van der Waals surface area contributed by atoms with Gasteiger partial charge in [-0.15, -0.1) is 11.3 Å². The summed E-state index contributed by atoms with van der Waals surface area (Å²) in [5.41, 5.74) is 0.448. The fourth-order valence-electron chi connectivity index (χ4n) is 4.23. The first-order chi connectivity index (χ1) is 15.8. The fraction of sp³-hybridized carbons (Fsp3) is 0.250. The number of carbonyl (C=O) groups is 2. The second kappa shape index (κ2) is 7.77. The molecule has 4 aromatic rings. The van der Waals surface area contributed by atoms with Crippen molar-refractivity contribution in [3.8, 4) is 5.75 Å². The zero-order valence-corrected chi connectivity index (χ0v) is 18.8. The van der Waals surface area contributed by atoms with Crippen LogP contribution >= 0.6 is 11.3 Å². The van der Waals surface area contributed by atoms with Crippen LogP contribution in [0.2, 0.25) is 0 Å². The fourth-order valence-corrected chi connectivity index (χ4v) is 5.25. The summed E-state index contributed by atoms with van der Waals surface area (Å²) in [7, 11) is 0. The molecule has 7 nitrogen and oxygen atoms in total. The van der Waals surface area contributed by atoms with Crippen molar-refractivity contribution in [2.24, 2.45) is 0 Å². The summed E-state index contributed by atoms with van der Waals surface area (Å²) in [6.07, 6.45) is 3.06. The van der Waals surface area contributed by atoms with Gasteiger partial charge in [-0.25, -0.2) is 9.37 Å². The number of hydrogen-bond donors (Lipinski definition) is 1. The van der Waals surface area contributed by atoms with Gasteiger partial charge in [-0.1, -0.05) is 0 Å². The number of thiophene rings is 1. The lowest BCUT2D eigenvalue weighted by Crippen LogP contribution is -2.30. The van der Waals surface area contributed by atoms with E-state index in [0.717, 1.165) is 41.5 Å². The molecule has 1 aliphatic rings. The molecule has 5 rings (SSSR count). The Morgan fingerprint density at radius 1 is 1.12 bits per heavy atom. The van der Waals surface area contributed by atoms with Gasteiger partial charge in [-0.2, -0.15) is 0 Å². The SMILES string of the molecule is Cc1sc2nc3c(C(=O)N4CCCC4)cc(C(=O)c4cc(F)ccc4O)cn3c(=O)c2c1C. The third-order valence-corrected chi connectivity index (χ3v) is 7.23. The van der Waals surface area contributed by atoms with Gasteiger partial charge in [0.2, 0.25) is 0 Å². The molecule has 9 heteroatoms. The molecule has 1 aromatic carbocycles. The van der Waals surface area contributed by atoms with Crippen molar-refractivity contribution in [1.82, 2.24) is 14.3 Å². The summed E-state index contributed by atoms with van der Waals surface area (Å²) in [5, 5.41) is 10.6. The summed E-state index contributed by atoms with van der Waals surface area (Å²) in [6.45, 7) is 4.89. The second-order valence-electron chi connectivity index (χ2n) is 8.21. The number of halogens is 1. The van der Waals surface area contributed by atoms with E-state index in [1.54, 1.807) is 4.90 Å². The van der Waals surface area contributed by atoms with Crippen LogP contribution in [0.25, 0.3) is 15.9 Å². The van der Waals surface area contributed by atoms with Crippen molar-refractivity contribution in [3.63, 3.8) is 0 Å². The number of amides is 1. The summed E-state index contributed by atoms with van der Waals surface area (Å²) in [6, 6.07) is 4.45. The van der Waals surface area contributed by atoms with Gasteiger partial charge in [0.15, 0.2) is 11.4 Å². The normalized spacial score (nSPS) is 13.8. The van der Waals surface area contributed by atoms with Crippen molar-refractivity contribution < 1.29 is 19.1 Å². The number of hydrogen-bond acceptors (Lipinski definition) is 6. The largest absolute Gasteiger partial charge is 0.507 e. The summed E-state index contributed by atoms with van der Waals surface area (Å²) in [5.74, 6) is -2.09. The predicted octanol–water partition coefficient (Wildman–Crippen LogP) is 3.84. The molecular weight excluding hydrogens is 445 g/mol. The van der Waals surface area contributed by atoms with Crippen LogP contribution in [0, 0.1) is 19.7 Å². The molecule has 0 aliphatic carbocycles. The van der Waals surface area contributed by atoms with Crippen LogP contribution in [0.4, 0.5) is 4.39 Å². The molecule has 1 amide bonds. The quantitative estimate of drug-likeness (QED) is 0.464. The van der Waals surface area contributed by atoms with Crippen LogP contribution in [-0.2, 0) is 0 Å². The Kier molecular flexibility index (Phi) is 5.01. The molecule has 0 radical (unpaired) electrons. The van der Waals surface area contributed by atoms with Crippen LogP contribution in [-0.4, -0.2) is 44.2 Å². The highest BCUT2D eigenvalue weighted by molar-refractivity contribution is 7.18. The lowest BCUT2D eigenvalue weighted by atomic mass is 10.0. The number of rotatable bonds is 3. The van der Waals surface area contributed by atoms with E-state index < -0.39 is 11.6 Å². The van der Waals surface area contributed by atoms with Gasteiger partial charge >= 0.3 is 0 Å². The van der Waals surface area contributed by atoms with Crippen molar-refractivity contribution in [1.29, 1.82) is 0 Å². The van der Waals surface area contributed by atoms with Gasteiger partial charge in [0.25, 0.3) is 11.5 Å². The molecule has 168 valence electrons. The first-order valence-electron chi connectivity index (χ1n) is 10.5.